The van der Waals surface area contributed by atoms with Crippen molar-refractivity contribution in [2.24, 2.45) is 0 Å². The summed E-state index contributed by atoms with van der Waals surface area (Å²) >= 11 is 1.43. The van der Waals surface area contributed by atoms with Crippen molar-refractivity contribution in [2.75, 3.05) is 13.2 Å². The van der Waals surface area contributed by atoms with Crippen LogP contribution in [0.15, 0.2) is 29.8 Å². The van der Waals surface area contributed by atoms with Crippen molar-refractivity contribution in [3.05, 3.63) is 46.2 Å². The Morgan fingerprint density at radius 3 is 3.19 bits per heavy atom. The van der Waals surface area contributed by atoms with Crippen LogP contribution in [-0.4, -0.2) is 29.1 Å². The zero-order valence-electron chi connectivity index (χ0n) is 11.6. The molecule has 0 aliphatic carbocycles. The summed E-state index contributed by atoms with van der Waals surface area (Å²) in [5, 5.41) is 4.77. The monoisotopic (exact) mass is 303 g/mol. The summed E-state index contributed by atoms with van der Waals surface area (Å²) in [6, 6.07) is 5.51. The zero-order chi connectivity index (χ0) is 14.5. The predicted molar refractivity (Wildman–Crippen MR) is 80.3 cm³/mol. The van der Waals surface area contributed by atoms with E-state index in [9.17, 15) is 4.79 Å². The molecular weight excluding hydrogens is 286 g/mol. The molecule has 1 saturated heterocycles. The summed E-state index contributed by atoms with van der Waals surface area (Å²) in [6.45, 7) is 1.93. The van der Waals surface area contributed by atoms with Gasteiger partial charge in [-0.25, -0.2) is 9.97 Å². The van der Waals surface area contributed by atoms with E-state index in [0.717, 1.165) is 31.0 Å². The Labute approximate surface area is 127 Å². The number of nitrogens with zero attached hydrogens (tertiary/aromatic N) is 2. The molecular formula is C15H17N3O2S. The van der Waals surface area contributed by atoms with Crippen LogP contribution in [-0.2, 0) is 11.3 Å². The largest absolute Gasteiger partial charge is 0.381 e. The molecule has 1 amide bonds. The van der Waals surface area contributed by atoms with E-state index in [4.69, 9.17) is 4.74 Å². The molecule has 0 aromatic carbocycles. The number of carbonyl (C=O) groups excluding carboxylic acids is 1. The lowest BCUT2D eigenvalue weighted by Gasteiger charge is -2.20. The molecule has 2 aromatic rings. The summed E-state index contributed by atoms with van der Waals surface area (Å²) in [5.41, 5.74) is 0.829. The Kier molecular flexibility index (Phi) is 4.57. The van der Waals surface area contributed by atoms with Gasteiger partial charge < -0.3 is 10.1 Å². The molecule has 1 atom stereocenters. The van der Waals surface area contributed by atoms with Crippen LogP contribution < -0.4 is 5.32 Å². The van der Waals surface area contributed by atoms with Gasteiger partial charge >= 0.3 is 0 Å². The van der Waals surface area contributed by atoms with Crippen LogP contribution in [0.5, 0.6) is 0 Å². The summed E-state index contributed by atoms with van der Waals surface area (Å²) in [4.78, 5) is 21.5. The second kappa shape index (κ2) is 6.78. The number of thiophene rings is 1. The molecule has 0 spiro atoms. The highest BCUT2D eigenvalue weighted by Crippen LogP contribution is 2.22. The van der Waals surface area contributed by atoms with Crippen molar-refractivity contribution in [1.82, 2.24) is 15.3 Å². The van der Waals surface area contributed by atoms with Crippen molar-refractivity contribution in [1.29, 1.82) is 0 Å². The fourth-order valence-electron chi connectivity index (χ4n) is 2.32. The second-order valence-corrected chi connectivity index (χ2v) is 5.93. The third-order valence-corrected chi connectivity index (χ3v) is 4.30. The topological polar surface area (TPSA) is 64.1 Å². The molecule has 1 aliphatic rings. The normalized spacial score (nSPS) is 18.4. The van der Waals surface area contributed by atoms with Crippen LogP contribution in [0, 0.1) is 0 Å². The maximum Gasteiger partial charge on any atom is 0.261 e. The molecule has 0 radical (unpaired) electrons. The van der Waals surface area contributed by atoms with Gasteiger partial charge in [-0.3, -0.25) is 4.79 Å². The summed E-state index contributed by atoms with van der Waals surface area (Å²) in [7, 11) is 0. The van der Waals surface area contributed by atoms with Gasteiger partial charge in [0.1, 0.15) is 5.82 Å². The fraction of sp³-hybridized carbons (Fsp3) is 0.400. The van der Waals surface area contributed by atoms with Gasteiger partial charge in [0.15, 0.2) is 0 Å². The lowest BCUT2D eigenvalue weighted by Crippen LogP contribution is -2.23. The number of carbonyl (C=O) groups is 1. The first kappa shape index (κ1) is 14.2. The number of amides is 1. The minimum atomic E-state index is -0.0637. The number of hydrogen-bond donors (Lipinski definition) is 1. The lowest BCUT2D eigenvalue weighted by atomic mass is 10.0. The second-order valence-electron chi connectivity index (χ2n) is 4.98. The molecule has 110 valence electrons. The van der Waals surface area contributed by atoms with Crippen LogP contribution in [0.25, 0.3) is 0 Å². The van der Waals surface area contributed by atoms with E-state index in [1.54, 1.807) is 6.20 Å². The molecule has 2 aromatic heterocycles. The quantitative estimate of drug-likeness (QED) is 0.942. The first-order chi connectivity index (χ1) is 10.3. The summed E-state index contributed by atoms with van der Waals surface area (Å²) < 4.78 is 5.48. The average Bonchev–Trinajstić information content (AvgIpc) is 3.08. The van der Waals surface area contributed by atoms with Crippen molar-refractivity contribution < 1.29 is 9.53 Å². The SMILES string of the molecule is O=C(NCc1ccnc(C2CCCOC2)n1)c1cccs1. The summed E-state index contributed by atoms with van der Waals surface area (Å²) in [5.74, 6) is 1.02. The number of ether oxygens (including phenoxy) is 1. The lowest BCUT2D eigenvalue weighted by molar-refractivity contribution is 0.0779. The highest BCUT2D eigenvalue weighted by Gasteiger charge is 2.19. The molecule has 1 aliphatic heterocycles. The number of aromatic nitrogens is 2. The molecule has 6 heteroatoms. The van der Waals surface area contributed by atoms with Crippen molar-refractivity contribution in [3.63, 3.8) is 0 Å². The maximum absolute atomic E-state index is 11.9. The molecule has 1 unspecified atom stereocenters. The minimum absolute atomic E-state index is 0.0637. The molecule has 0 saturated carbocycles. The van der Waals surface area contributed by atoms with Crippen LogP contribution >= 0.6 is 11.3 Å². The van der Waals surface area contributed by atoms with Crippen LogP contribution in [0.1, 0.15) is 39.9 Å². The summed E-state index contributed by atoms with van der Waals surface area (Å²) in [6.07, 6.45) is 3.86. The predicted octanol–water partition coefficient (Wildman–Crippen LogP) is 2.36. The Hall–Kier alpha value is -1.79. The van der Waals surface area contributed by atoms with E-state index in [1.807, 2.05) is 23.6 Å². The average molecular weight is 303 g/mol. The third kappa shape index (κ3) is 3.65. The van der Waals surface area contributed by atoms with Gasteiger partial charge in [0.05, 0.1) is 23.7 Å². The Morgan fingerprint density at radius 1 is 1.48 bits per heavy atom. The maximum atomic E-state index is 11.9. The Bertz CT molecular complexity index is 595. The van der Waals surface area contributed by atoms with Crippen molar-refractivity contribution >= 4 is 17.2 Å². The van der Waals surface area contributed by atoms with E-state index in [1.165, 1.54) is 11.3 Å². The zero-order valence-corrected chi connectivity index (χ0v) is 12.4. The van der Waals surface area contributed by atoms with E-state index < -0.39 is 0 Å². The van der Waals surface area contributed by atoms with Gasteiger partial charge in [-0.2, -0.15) is 0 Å². The van der Waals surface area contributed by atoms with Gasteiger partial charge in [-0.05, 0) is 30.4 Å². The highest BCUT2D eigenvalue weighted by molar-refractivity contribution is 7.12. The van der Waals surface area contributed by atoms with E-state index in [2.05, 4.69) is 15.3 Å². The van der Waals surface area contributed by atoms with E-state index in [0.29, 0.717) is 18.0 Å². The fourth-order valence-corrected chi connectivity index (χ4v) is 2.96. The first-order valence-electron chi connectivity index (χ1n) is 7.04. The third-order valence-electron chi connectivity index (χ3n) is 3.43. The van der Waals surface area contributed by atoms with Gasteiger partial charge in [0.25, 0.3) is 5.91 Å². The van der Waals surface area contributed by atoms with Crippen LogP contribution in [0.3, 0.4) is 0 Å². The number of hydrogen-bond acceptors (Lipinski definition) is 5. The van der Waals surface area contributed by atoms with Crippen LogP contribution in [0.4, 0.5) is 0 Å². The Morgan fingerprint density at radius 2 is 2.43 bits per heavy atom. The number of nitrogens with one attached hydrogen (secondary N) is 1. The van der Waals surface area contributed by atoms with Crippen LogP contribution in [0.2, 0.25) is 0 Å². The smallest absolute Gasteiger partial charge is 0.261 e. The highest BCUT2D eigenvalue weighted by atomic mass is 32.1. The van der Waals surface area contributed by atoms with Gasteiger partial charge in [0.2, 0.25) is 0 Å². The molecule has 5 nitrogen and oxygen atoms in total. The number of rotatable bonds is 4. The van der Waals surface area contributed by atoms with Gasteiger partial charge in [-0.1, -0.05) is 6.07 Å². The molecule has 0 bridgehead atoms. The Balaban J connectivity index is 1.62. The molecule has 1 N–H and O–H groups in total. The van der Waals surface area contributed by atoms with E-state index >= 15 is 0 Å². The minimum Gasteiger partial charge on any atom is -0.381 e. The molecule has 3 rings (SSSR count). The van der Waals surface area contributed by atoms with Crippen molar-refractivity contribution in [3.8, 4) is 0 Å². The molecule has 3 heterocycles. The first-order valence-corrected chi connectivity index (χ1v) is 7.92. The van der Waals surface area contributed by atoms with Gasteiger partial charge in [-0.15, -0.1) is 11.3 Å². The van der Waals surface area contributed by atoms with E-state index in [-0.39, 0.29) is 11.8 Å². The molecule has 1 fully saturated rings. The van der Waals surface area contributed by atoms with Gasteiger partial charge in [0, 0.05) is 18.7 Å². The standard InChI is InChI=1S/C15H17N3O2S/c19-15(13-4-2-8-21-13)17-9-12-5-6-16-14(18-12)11-3-1-7-20-10-11/h2,4-6,8,11H,1,3,7,9-10H2,(H,17,19). The van der Waals surface area contributed by atoms with Crippen molar-refractivity contribution in [2.45, 2.75) is 25.3 Å². The molecule has 21 heavy (non-hydrogen) atoms.